The zero-order chi connectivity index (χ0) is 15.2. The van der Waals surface area contributed by atoms with Crippen LogP contribution in [0.5, 0.6) is 5.75 Å². The van der Waals surface area contributed by atoms with Crippen LogP contribution in [0.2, 0.25) is 0 Å². The number of nitrogens with two attached hydrogens (primary N) is 1. The van der Waals surface area contributed by atoms with Gasteiger partial charge in [0.1, 0.15) is 18.2 Å². The molecule has 0 unspecified atom stereocenters. The van der Waals surface area contributed by atoms with Crippen molar-refractivity contribution in [1.29, 1.82) is 5.41 Å². The van der Waals surface area contributed by atoms with Crippen molar-refractivity contribution < 1.29 is 4.74 Å². The van der Waals surface area contributed by atoms with Crippen LogP contribution in [0.25, 0.3) is 0 Å². The van der Waals surface area contributed by atoms with Gasteiger partial charge in [0, 0.05) is 11.3 Å². The van der Waals surface area contributed by atoms with Gasteiger partial charge in [-0.2, -0.15) is 5.10 Å². The minimum Gasteiger partial charge on any atom is -0.492 e. The predicted molar refractivity (Wildman–Crippen MR) is 83.9 cm³/mol. The first-order chi connectivity index (χ1) is 10.1. The van der Waals surface area contributed by atoms with Gasteiger partial charge in [0.05, 0.1) is 12.2 Å². The fourth-order valence-corrected chi connectivity index (χ4v) is 2.15. The van der Waals surface area contributed by atoms with Crippen LogP contribution in [0.3, 0.4) is 0 Å². The predicted octanol–water partition coefficient (Wildman–Crippen LogP) is 2.37. The maximum atomic E-state index is 7.35. The number of rotatable bonds is 7. The second-order valence-corrected chi connectivity index (χ2v) is 4.84. The highest BCUT2D eigenvalue weighted by Crippen LogP contribution is 2.12. The standard InChI is InChI=1S/C16H22N4O/c1-3-13-11-14(4-2)20(19-13)9-10-21-15-7-5-12(6-8-15)16(17)18/h5-8,11H,3-4,9-10H2,1-2H3,(H3,17,18). The van der Waals surface area contributed by atoms with Gasteiger partial charge in [-0.05, 0) is 43.2 Å². The normalized spacial score (nSPS) is 10.6. The number of aromatic nitrogens is 2. The number of nitrogens with zero attached hydrogens (tertiary/aromatic N) is 2. The lowest BCUT2D eigenvalue weighted by Gasteiger charge is -2.09. The van der Waals surface area contributed by atoms with Gasteiger partial charge in [0.15, 0.2) is 0 Å². The molecule has 0 saturated heterocycles. The second kappa shape index (κ2) is 6.92. The molecule has 0 bridgehead atoms. The maximum absolute atomic E-state index is 7.35. The van der Waals surface area contributed by atoms with Crippen LogP contribution < -0.4 is 10.5 Å². The Balaban J connectivity index is 1.92. The van der Waals surface area contributed by atoms with Crippen molar-refractivity contribution in [3.8, 4) is 5.75 Å². The van der Waals surface area contributed by atoms with E-state index in [9.17, 15) is 0 Å². The number of aryl methyl sites for hydroxylation is 2. The number of ether oxygens (including phenoxy) is 1. The zero-order valence-corrected chi connectivity index (χ0v) is 12.6. The number of benzene rings is 1. The molecule has 1 aromatic heterocycles. The van der Waals surface area contributed by atoms with E-state index in [1.807, 2.05) is 16.8 Å². The largest absolute Gasteiger partial charge is 0.492 e. The van der Waals surface area contributed by atoms with Gasteiger partial charge in [0.2, 0.25) is 0 Å². The monoisotopic (exact) mass is 286 g/mol. The lowest BCUT2D eigenvalue weighted by Crippen LogP contribution is -2.13. The van der Waals surface area contributed by atoms with Crippen LogP contribution in [0, 0.1) is 5.41 Å². The van der Waals surface area contributed by atoms with E-state index in [4.69, 9.17) is 15.9 Å². The molecule has 0 aliphatic rings. The Hall–Kier alpha value is -2.30. The molecule has 0 aliphatic carbocycles. The van der Waals surface area contributed by atoms with Crippen molar-refractivity contribution in [3.63, 3.8) is 0 Å². The van der Waals surface area contributed by atoms with Gasteiger partial charge in [-0.1, -0.05) is 13.8 Å². The number of hydrogen-bond donors (Lipinski definition) is 2. The molecule has 3 N–H and O–H groups in total. The Morgan fingerprint density at radius 2 is 1.95 bits per heavy atom. The molecular formula is C16H22N4O. The molecule has 0 atom stereocenters. The molecule has 2 aromatic rings. The van der Waals surface area contributed by atoms with Crippen LogP contribution in [0.4, 0.5) is 0 Å². The molecule has 5 nitrogen and oxygen atoms in total. The van der Waals surface area contributed by atoms with E-state index in [0.717, 1.165) is 30.8 Å². The van der Waals surface area contributed by atoms with Crippen LogP contribution in [0.1, 0.15) is 30.8 Å². The first-order valence-corrected chi connectivity index (χ1v) is 7.26. The summed E-state index contributed by atoms with van der Waals surface area (Å²) in [5, 5.41) is 11.9. The molecule has 2 rings (SSSR count). The minimum absolute atomic E-state index is 0.0674. The third-order valence-corrected chi connectivity index (χ3v) is 3.38. The van der Waals surface area contributed by atoms with Crippen molar-refractivity contribution in [2.24, 2.45) is 5.73 Å². The van der Waals surface area contributed by atoms with Crippen LogP contribution in [-0.4, -0.2) is 22.2 Å². The first-order valence-electron chi connectivity index (χ1n) is 7.26. The van der Waals surface area contributed by atoms with Crippen molar-refractivity contribution >= 4 is 5.84 Å². The summed E-state index contributed by atoms with van der Waals surface area (Å²) < 4.78 is 7.73. The lowest BCUT2D eigenvalue weighted by atomic mass is 10.2. The third kappa shape index (κ3) is 3.84. The number of amidine groups is 1. The Morgan fingerprint density at radius 3 is 2.52 bits per heavy atom. The molecule has 0 saturated carbocycles. The van der Waals surface area contributed by atoms with E-state index >= 15 is 0 Å². The summed E-state index contributed by atoms with van der Waals surface area (Å²) in [5.74, 6) is 0.846. The molecule has 0 amide bonds. The molecule has 0 radical (unpaired) electrons. The van der Waals surface area contributed by atoms with Crippen LogP contribution in [-0.2, 0) is 19.4 Å². The van der Waals surface area contributed by atoms with E-state index in [1.165, 1.54) is 5.69 Å². The van der Waals surface area contributed by atoms with Crippen LogP contribution >= 0.6 is 0 Å². The fraction of sp³-hybridized carbons (Fsp3) is 0.375. The van der Waals surface area contributed by atoms with Gasteiger partial charge >= 0.3 is 0 Å². The second-order valence-electron chi connectivity index (χ2n) is 4.84. The Labute approximate surface area is 125 Å². The molecule has 1 heterocycles. The van der Waals surface area contributed by atoms with Gasteiger partial charge in [-0.3, -0.25) is 10.1 Å². The van der Waals surface area contributed by atoms with Gasteiger partial charge in [0.25, 0.3) is 0 Å². The first kappa shape index (κ1) is 15.1. The van der Waals surface area contributed by atoms with Crippen molar-refractivity contribution in [2.45, 2.75) is 33.2 Å². The van der Waals surface area contributed by atoms with Gasteiger partial charge in [-0.25, -0.2) is 0 Å². The number of nitrogens with one attached hydrogen (secondary N) is 1. The third-order valence-electron chi connectivity index (χ3n) is 3.38. The fourth-order valence-electron chi connectivity index (χ4n) is 2.15. The van der Waals surface area contributed by atoms with Gasteiger partial charge < -0.3 is 10.5 Å². The summed E-state index contributed by atoms with van der Waals surface area (Å²) in [6.45, 7) is 5.54. The van der Waals surface area contributed by atoms with Crippen LogP contribution in [0.15, 0.2) is 30.3 Å². The molecule has 1 aromatic carbocycles. The number of hydrogen-bond acceptors (Lipinski definition) is 3. The quantitative estimate of drug-likeness (QED) is 0.606. The van der Waals surface area contributed by atoms with Crippen molar-refractivity contribution in [1.82, 2.24) is 9.78 Å². The Bertz CT molecular complexity index is 601. The van der Waals surface area contributed by atoms with E-state index in [-0.39, 0.29) is 5.84 Å². The Kier molecular flexibility index (Phi) is 4.98. The van der Waals surface area contributed by atoms with Crippen molar-refractivity contribution in [2.75, 3.05) is 6.61 Å². The average molecular weight is 286 g/mol. The molecule has 0 fully saturated rings. The molecule has 112 valence electrons. The Morgan fingerprint density at radius 1 is 1.24 bits per heavy atom. The molecule has 5 heteroatoms. The summed E-state index contributed by atoms with van der Waals surface area (Å²) >= 11 is 0. The van der Waals surface area contributed by atoms with Crippen molar-refractivity contribution in [3.05, 3.63) is 47.3 Å². The van der Waals surface area contributed by atoms with E-state index < -0.39 is 0 Å². The highest BCUT2D eigenvalue weighted by Gasteiger charge is 2.05. The number of nitrogen functional groups attached to an aromatic ring is 1. The van der Waals surface area contributed by atoms with E-state index in [0.29, 0.717) is 12.2 Å². The summed E-state index contributed by atoms with van der Waals surface area (Å²) in [5.41, 5.74) is 8.48. The smallest absolute Gasteiger partial charge is 0.122 e. The zero-order valence-electron chi connectivity index (χ0n) is 12.6. The highest BCUT2D eigenvalue weighted by atomic mass is 16.5. The van der Waals surface area contributed by atoms with E-state index in [2.05, 4.69) is 25.0 Å². The highest BCUT2D eigenvalue weighted by molar-refractivity contribution is 5.94. The lowest BCUT2D eigenvalue weighted by molar-refractivity contribution is 0.289. The maximum Gasteiger partial charge on any atom is 0.122 e. The van der Waals surface area contributed by atoms with Gasteiger partial charge in [-0.15, -0.1) is 0 Å². The summed E-state index contributed by atoms with van der Waals surface area (Å²) in [6, 6.07) is 9.40. The topological polar surface area (TPSA) is 76.9 Å². The molecule has 21 heavy (non-hydrogen) atoms. The summed E-state index contributed by atoms with van der Waals surface area (Å²) in [7, 11) is 0. The molecule has 0 spiro atoms. The van der Waals surface area contributed by atoms with E-state index in [1.54, 1.807) is 12.1 Å². The summed E-state index contributed by atoms with van der Waals surface area (Å²) in [4.78, 5) is 0. The minimum atomic E-state index is 0.0674. The molecule has 0 aliphatic heterocycles. The SMILES string of the molecule is CCc1cc(CC)n(CCOc2ccc(C(=N)N)cc2)n1. The average Bonchev–Trinajstić information content (AvgIpc) is 2.90. The summed E-state index contributed by atoms with van der Waals surface area (Å²) in [6.07, 6.45) is 1.92. The molecular weight excluding hydrogens is 264 g/mol.